The molecule has 0 amide bonds. The van der Waals surface area contributed by atoms with Crippen molar-refractivity contribution in [2.45, 2.75) is 6.42 Å². The quantitative estimate of drug-likeness (QED) is 0.372. The first kappa shape index (κ1) is 9.84. The fraction of sp³-hybridized carbons (Fsp3) is 1.00. The van der Waals surface area contributed by atoms with E-state index in [0.29, 0.717) is 26.4 Å². The van der Waals surface area contributed by atoms with Crippen molar-refractivity contribution >= 4 is 0 Å². The number of hydrogen-bond donors (Lipinski definition) is 2. The lowest BCUT2D eigenvalue weighted by atomic mass is 10.5. The van der Waals surface area contributed by atoms with Crippen LogP contribution in [0.5, 0.6) is 0 Å². The lowest BCUT2D eigenvalue weighted by Gasteiger charge is -2.01. The monoisotopic (exact) mass is 149 g/mol. The van der Waals surface area contributed by atoms with Crippen molar-refractivity contribution in [3.05, 3.63) is 0 Å². The number of aliphatic hydroxyl groups excluding tert-OH is 1. The fourth-order valence-corrected chi connectivity index (χ4v) is 0.470. The van der Waals surface area contributed by atoms with E-state index in [2.05, 4.69) is 4.74 Å². The Morgan fingerprint density at radius 3 is 2.40 bits per heavy atom. The lowest BCUT2D eigenvalue weighted by Crippen LogP contribution is -2.08. The van der Waals surface area contributed by atoms with Gasteiger partial charge in [-0.1, -0.05) is 0 Å². The molecule has 4 heteroatoms. The van der Waals surface area contributed by atoms with Crippen LogP contribution < -0.4 is 5.73 Å². The van der Waals surface area contributed by atoms with E-state index in [1.807, 2.05) is 0 Å². The van der Waals surface area contributed by atoms with Crippen molar-refractivity contribution in [1.82, 2.24) is 0 Å². The number of ether oxygens (including phenoxy) is 2. The van der Waals surface area contributed by atoms with Crippen molar-refractivity contribution in [3.63, 3.8) is 0 Å². The summed E-state index contributed by atoms with van der Waals surface area (Å²) in [5, 5.41) is 8.17. The van der Waals surface area contributed by atoms with Gasteiger partial charge in [0, 0.05) is 6.61 Å². The van der Waals surface area contributed by atoms with Gasteiger partial charge in [-0.3, -0.25) is 0 Å². The van der Waals surface area contributed by atoms with E-state index in [-0.39, 0.29) is 6.79 Å². The topological polar surface area (TPSA) is 64.7 Å². The van der Waals surface area contributed by atoms with Crippen molar-refractivity contribution in [1.29, 1.82) is 0 Å². The molecular formula is C6H15NO3. The van der Waals surface area contributed by atoms with E-state index in [9.17, 15) is 0 Å². The van der Waals surface area contributed by atoms with Crippen LogP contribution in [-0.2, 0) is 9.47 Å². The van der Waals surface area contributed by atoms with Crippen LogP contribution in [0.15, 0.2) is 0 Å². The third-order valence-electron chi connectivity index (χ3n) is 0.956. The highest BCUT2D eigenvalue weighted by atomic mass is 16.6. The molecule has 10 heavy (non-hydrogen) atoms. The molecule has 0 saturated heterocycles. The Labute approximate surface area is 60.9 Å². The van der Waals surface area contributed by atoms with Gasteiger partial charge in [-0.2, -0.15) is 0 Å². The van der Waals surface area contributed by atoms with E-state index in [1.165, 1.54) is 0 Å². The summed E-state index contributed by atoms with van der Waals surface area (Å²) in [5.74, 6) is 0. The molecule has 0 aromatic rings. The summed E-state index contributed by atoms with van der Waals surface area (Å²) in [7, 11) is 0. The summed E-state index contributed by atoms with van der Waals surface area (Å²) in [4.78, 5) is 0. The first-order valence-corrected chi connectivity index (χ1v) is 3.38. The molecule has 0 bridgehead atoms. The molecule has 0 aliphatic rings. The number of aliphatic hydroxyl groups is 1. The number of hydrogen-bond acceptors (Lipinski definition) is 4. The highest BCUT2D eigenvalue weighted by molar-refractivity contribution is 4.35. The zero-order valence-electron chi connectivity index (χ0n) is 6.08. The van der Waals surface area contributed by atoms with Gasteiger partial charge in [0.05, 0.1) is 13.2 Å². The lowest BCUT2D eigenvalue weighted by molar-refractivity contribution is -0.0292. The molecule has 0 rings (SSSR count). The maximum atomic E-state index is 8.17. The second-order valence-electron chi connectivity index (χ2n) is 1.79. The molecule has 0 fully saturated rings. The Hall–Kier alpha value is -0.160. The van der Waals surface area contributed by atoms with Crippen LogP contribution in [0.3, 0.4) is 0 Å². The molecule has 0 aliphatic heterocycles. The molecule has 0 spiro atoms. The van der Waals surface area contributed by atoms with Crippen molar-refractivity contribution in [2.24, 2.45) is 5.73 Å². The molecule has 4 nitrogen and oxygen atoms in total. The molecule has 0 radical (unpaired) electrons. The minimum Gasteiger partial charge on any atom is -0.379 e. The Morgan fingerprint density at radius 2 is 1.80 bits per heavy atom. The van der Waals surface area contributed by atoms with E-state index < -0.39 is 0 Å². The van der Waals surface area contributed by atoms with Crippen LogP contribution in [-0.4, -0.2) is 38.3 Å². The number of rotatable bonds is 7. The summed E-state index contributed by atoms with van der Waals surface area (Å²) in [6.07, 6.45) is 0.874. The van der Waals surface area contributed by atoms with Crippen molar-refractivity contribution in [2.75, 3.05) is 33.2 Å². The van der Waals surface area contributed by atoms with Gasteiger partial charge in [0.25, 0.3) is 0 Å². The van der Waals surface area contributed by atoms with E-state index in [0.717, 1.165) is 6.42 Å². The van der Waals surface area contributed by atoms with Crippen molar-refractivity contribution < 1.29 is 14.6 Å². The summed E-state index contributed by atoms with van der Waals surface area (Å²) >= 11 is 0. The van der Waals surface area contributed by atoms with E-state index in [4.69, 9.17) is 15.6 Å². The fourth-order valence-electron chi connectivity index (χ4n) is 0.470. The van der Waals surface area contributed by atoms with Crippen LogP contribution in [0, 0.1) is 0 Å². The maximum absolute atomic E-state index is 8.17. The molecule has 3 N–H and O–H groups in total. The molecule has 62 valence electrons. The van der Waals surface area contributed by atoms with Gasteiger partial charge in [-0.05, 0) is 13.0 Å². The minimum absolute atomic E-state index is 0.236. The minimum atomic E-state index is -0.236. The Morgan fingerprint density at radius 1 is 1.10 bits per heavy atom. The van der Waals surface area contributed by atoms with Gasteiger partial charge in [-0.25, -0.2) is 0 Å². The second kappa shape index (κ2) is 8.84. The summed E-state index contributed by atoms with van der Waals surface area (Å²) < 4.78 is 9.67. The average Bonchev–Trinajstić information content (AvgIpc) is 1.97. The largest absolute Gasteiger partial charge is 0.379 e. The Balaban J connectivity index is 2.65. The number of nitrogens with two attached hydrogens (primary N) is 1. The predicted octanol–water partition coefficient (Wildman–Crippen LogP) is -0.682. The highest BCUT2D eigenvalue weighted by Gasteiger charge is 1.86. The molecule has 0 aromatic heterocycles. The first-order valence-electron chi connectivity index (χ1n) is 3.38. The predicted molar refractivity (Wildman–Crippen MR) is 37.5 cm³/mol. The molecule has 0 aliphatic carbocycles. The standard InChI is InChI=1S/C6H15NO3/c7-2-1-3-9-4-5-10-6-8/h8H,1-7H2. The van der Waals surface area contributed by atoms with Gasteiger partial charge in [0.1, 0.15) is 6.79 Å². The smallest absolute Gasteiger partial charge is 0.143 e. The molecule has 0 aromatic carbocycles. The van der Waals surface area contributed by atoms with Crippen molar-refractivity contribution in [3.8, 4) is 0 Å². The first-order chi connectivity index (χ1) is 4.91. The normalized spacial score (nSPS) is 10.2. The van der Waals surface area contributed by atoms with Crippen LogP contribution in [0.4, 0.5) is 0 Å². The van der Waals surface area contributed by atoms with Crippen LogP contribution >= 0.6 is 0 Å². The summed E-state index contributed by atoms with van der Waals surface area (Å²) in [6.45, 7) is 2.06. The van der Waals surface area contributed by atoms with Crippen LogP contribution in [0.1, 0.15) is 6.42 Å². The second-order valence-corrected chi connectivity index (χ2v) is 1.79. The third kappa shape index (κ3) is 7.84. The van der Waals surface area contributed by atoms with Crippen LogP contribution in [0.25, 0.3) is 0 Å². The zero-order valence-corrected chi connectivity index (χ0v) is 6.08. The zero-order chi connectivity index (χ0) is 7.66. The average molecular weight is 149 g/mol. The Bertz CT molecular complexity index is 53.0. The van der Waals surface area contributed by atoms with Gasteiger partial charge in [0.15, 0.2) is 0 Å². The van der Waals surface area contributed by atoms with Gasteiger partial charge in [-0.15, -0.1) is 0 Å². The SMILES string of the molecule is NCCCOCCOCO. The Kier molecular flexibility index (Phi) is 8.70. The highest BCUT2D eigenvalue weighted by Crippen LogP contribution is 1.80. The van der Waals surface area contributed by atoms with Gasteiger partial charge < -0.3 is 20.3 Å². The molecule has 0 atom stereocenters. The van der Waals surface area contributed by atoms with Gasteiger partial charge >= 0.3 is 0 Å². The summed E-state index contributed by atoms with van der Waals surface area (Å²) in [6, 6.07) is 0. The van der Waals surface area contributed by atoms with Gasteiger partial charge in [0.2, 0.25) is 0 Å². The molecule has 0 heterocycles. The van der Waals surface area contributed by atoms with Crippen LogP contribution in [0.2, 0.25) is 0 Å². The third-order valence-corrected chi connectivity index (χ3v) is 0.956. The van der Waals surface area contributed by atoms with E-state index >= 15 is 0 Å². The molecular weight excluding hydrogens is 134 g/mol. The van der Waals surface area contributed by atoms with E-state index in [1.54, 1.807) is 0 Å². The maximum Gasteiger partial charge on any atom is 0.143 e. The molecule has 0 saturated carbocycles. The molecule has 0 unspecified atom stereocenters. The summed E-state index contributed by atoms with van der Waals surface area (Å²) in [5.41, 5.74) is 5.22.